The Balaban J connectivity index is 1.81. The lowest BCUT2D eigenvalue weighted by atomic mass is 9.91. The zero-order chi connectivity index (χ0) is 25.6. The third kappa shape index (κ3) is 4.39. The third-order valence-corrected chi connectivity index (χ3v) is 9.44. The maximum atomic E-state index is 15.2. The van der Waals surface area contributed by atoms with E-state index in [-0.39, 0.29) is 17.2 Å². The number of hydrogen-bond donors (Lipinski definition) is 2. The van der Waals surface area contributed by atoms with E-state index >= 15 is 4.39 Å². The van der Waals surface area contributed by atoms with Crippen LogP contribution in [-0.2, 0) is 15.3 Å². The molecule has 1 aliphatic rings. The summed E-state index contributed by atoms with van der Waals surface area (Å²) in [7, 11) is -1.65. The summed E-state index contributed by atoms with van der Waals surface area (Å²) in [4.78, 5) is 24.2. The van der Waals surface area contributed by atoms with Gasteiger partial charge in [-0.05, 0) is 39.0 Å². The van der Waals surface area contributed by atoms with E-state index in [1.807, 2.05) is 0 Å². The standard InChI is InChI=1S/C22H22ClFN6O4S/c1-21(2)19(28-20(31)32)29-22(3,11-35(21,33)25-4)14-7-12(5-6-15(14)24)17-8-16(30-34-17)18-26-9-13(23)10-27-18/h5-10H,11H2,1-4H3,(H,28,29)(H,31,32)/t22-,35-/m0/s1. The molecule has 2 atom stereocenters. The number of amidine groups is 1. The molecule has 1 amide bonds. The molecule has 1 aromatic carbocycles. The molecule has 0 saturated heterocycles. The topological polar surface area (TPSA) is 143 Å². The first-order chi connectivity index (χ1) is 16.4. The van der Waals surface area contributed by atoms with Crippen molar-refractivity contribution in [2.24, 2.45) is 9.36 Å². The van der Waals surface area contributed by atoms with Gasteiger partial charge in [-0.3, -0.25) is 10.3 Å². The lowest BCUT2D eigenvalue weighted by molar-refractivity contribution is 0.199. The number of nitrogens with zero attached hydrogens (tertiary/aromatic N) is 5. The van der Waals surface area contributed by atoms with Crippen molar-refractivity contribution in [1.29, 1.82) is 0 Å². The SMILES string of the molecule is CN=[S@]1(=O)C[C@@](C)(c2cc(-c3cc(-c4ncc(Cl)cn4)no3)ccc2F)N=C(NC(=O)O)C1(C)C. The molecule has 0 unspecified atom stereocenters. The van der Waals surface area contributed by atoms with E-state index in [0.717, 1.165) is 0 Å². The molecular formula is C22H22ClFN6O4S. The van der Waals surface area contributed by atoms with Crippen LogP contribution in [0.2, 0.25) is 5.02 Å². The van der Waals surface area contributed by atoms with Gasteiger partial charge in [-0.2, -0.15) is 0 Å². The van der Waals surface area contributed by atoms with Crippen molar-refractivity contribution in [1.82, 2.24) is 20.4 Å². The fourth-order valence-electron chi connectivity index (χ4n) is 3.89. The fraction of sp³-hybridized carbons (Fsp3) is 0.318. The van der Waals surface area contributed by atoms with Gasteiger partial charge in [0.1, 0.15) is 21.9 Å². The number of benzene rings is 1. The Labute approximate surface area is 205 Å². The van der Waals surface area contributed by atoms with Crippen LogP contribution in [0.5, 0.6) is 0 Å². The summed E-state index contributed by atoms with van der Waals surface area (Å²) in [6.45, 7) is 4.78. The summed E-state index contributed by atoms with van der Waals surface area (Å²) < 4.78 is 37.3. The van der Waals surface area contributed by atoms with Crippen LogP contribution < -0.4 is 5.32 Å². The minimum Gasteiger partial charge on any atom is -0.465 e. The zero-order valence-electron chi connectivity index (χ0n) is 19.2. The van der Waals surface area contributed by atoms with Gasteiger partial charge in [0.15, 0.2) is 17.3 Å². The Bertz CT molecular complexity index is 1460. The molecule has 35 heavy (non-hydrogen) atoms. The Morgan fingerprint density at radius 3 is 2.57 bits per heavy atom. The average Bonchev–Trinajstić information content (AvgIpc) is 3.28. The van der Waals surface area contributed by atoms with E-state index in [1.165, 1.54) is 37.6 Å². The average molecular weight is 521 g/mol. The van der Waals surface area contributed by atoms with Crippen LogP contribution in [-0.4, -0.2) is 53.9 Å². The molecule has 3 heterocycles. The van der Waals surface area contributed by atoms with Crippen molar-refractivity contribution in [3.8, 4) is 22.8 Å². The van der Waals surface area contributed by atoms with Crippen LogP contribution in [0, 0.1) is 5.82 Å². The molecule has 0 fully saturated rings. The van der Waals surface area contributed by atoms with E-state index in [9.17, 15) is 14.1 Å². The van der Waals surface area contributed by atoms with Crippen molar-refractivity contribution in [2.75, 3.05) is 12.8 Å². The van der Waals surface area contributed by atoms with Gasteiger partial charge in [-0.1, -0.05) is 16.8 Å². The van der Waals surface area contributed by atoms with Gasteiger partial charge in [-0.25, -0.2) is 27.7 Å². The molecule has 0 saturated carbocycles. The smallest absolute Gasteiger partial charge is 0.410 e. The van der Waals surface area contributed by atoms with Crippen molar-refractivity contribution in [3.63, 3.8) is 0 Å². The highest BCUT2D eigenvalue weighted by molar-refractivity contribution is 7.95. The summed E-state index contributed by atoms with van der Waals surface area (Å²) in [6, 6.07) is 5.85. The highest BCUT2D eigenvalue weighted by Crippen LogP contribution is 2.40. The third-order valence-electron chi connectivity index (χ3n) is 5.91. The first-order valence-corrected chi connectivity index (χ1v) is 12.4. The molecule has 3 aromatic rings. The molecule has 0 spiro atoms. The van der Waals surface area contributed by atoms with Gasteiger partial charge in [-0.15, -0.1) is 0 Å². The number of halogens is 2. The number of aromatic nitrogens is 3. The van der Waals surface area contributed by atoms with E-state index in [0.29, 0.717) is 27.9 Å². The summed E-state index contributed by atoms with van der Waals surface area (Å²) in [5, 5.41) is 15.9. The monoisotopic (exact) mass is 520 g/mol. The van der Waals surface area contributed by atoms with Crippen LogP contribution >= 0.6 is 11.6 Å². The first-order valence-electron chi connectivity index (χ1n) is 10.4. The van der Waals surface area contributed by atoms with E-state index in [4.69, 9.17) is 16.1 Å². The van der Waals surface area contributed by atoms with Crippen LogP contribution in [0.3, 0.4) is 0 Å². The highest BCUT2D eigenvalue weighted by Gasteiger charge is 2.49. The maximum Gasteiger partial charge on any atom is 0.410 e. The Morgan fingerprint density at radius 2 is 1.94 bits per heavy atom. The van der Waals surface area contributed by atoms with Gasteiger partial charge in [0.25, 0.3) is 0 Å². The van der Waals surface area contributed by atoms with Gasteiger partial charge in [0, 0.05) is 36.6 Å². The van der Waals surface area contributed by atoms with Crippen LogP contribution in [0.1, 0.15) is 26.3 Å². The molecule has 4 rings (SSSR count). The molecule has 2 aromatic heterocycles. The van der Waals surface area contributed by atoms with Gasteiger partial charge in [0.05, 0.1) is 20.5 Å². The molecule has 2 N–H and O–H groups in total. The molecule has 13 heteroatoms. The van der Waals surface area contributed by atoms with Crippen molar-refractivity contribution >= 4 is 33.3 Å². The molecular weight excluding hydrogens is 499 g/mol. The minimum absolute atomic E-state index is 0.0546. The predicted molar refractivity (Wildman–Crippen MR) is 129 cm³/mol. The molecule has 1 aliphatic heterocycles. The molecule has 0 radical (unpaired) electrons. The Hall–Kier alpha value is -3.38. The maximum absolute atomic E-state index is 15.2. The number of carbonyl (C=O) groups is 1. The second-order valence-corrected chi connectivity index (χ2v) is 12.0. The van der Waals surface area contributed by atoms with Gasteiger partial charge < -0.3 is 9.63 Å². The number of hydrogen-bond acceptors (Lipinski definition) is 8. The zero-order valence-corrected chi connectivity index (χ0v) is 20.8. The number of aliphatic imine (C=N–C) groups is 1. The molecule has 0 bridgehead atoms. The largest absolute Gasteiger partial charge is 0.465 e. The van der Waals surface area contributed by atoms with Crippen molar-refractivity contribution in [2.45, 2.75) is 31.1 Å². The number of amides is 1. The number of rotatable bonds is 3. The van der Waals surface area contributed by atoms with Crippen LogP contribution in [0.25, 0.3) is 22.8 Å². The molecule has 184 valence electrons. The Morgan fingerprint density at radius 1 is 1.26 bits per heavy atom. The minimum atomic E-state index is -3.05. The second-order valence-electron chi connectivity index (χ2n) is 8.64. The number of carboxylic acid groups (broad SMARTS) is 1. The molecule has 10 nitrogen and oxygen atoms in total. The summed E-state index contributed by atoms with van der Waals surface area (Å²) in [5.74, 6) is -0.164. The highest BCUT2D eigenvalue weighted by atomic mass is 35.5. The summed E-state index contributed by atoms with van der Waals surface area (Å²) in [6.07, 6.45) is 1.49. The lowest BCUT2D eigenvalue weighted by Gasteiger charge is -2.41. The number of nitrogens with one attached hydrogen (secondary N) is 1. The normalized spacial score (nSPS) is 23.4. The van der Waals surface area contributed by atoms with Crippen LogP contribution in [0.4, 0.5) is 9.18 Å². The van der Waals surface area contributed by atoms with Crippen LogP contribution in [0.15, 0.2) is 50.5 Å². The fourth-order valence-corrected chi connectivity index (χ4v) is 6.31. The second kappa shape index (κ2) is 8.68. The van der Waals surface area contributed by atoms with E-state index in [1.54, 1.807) is 26.8 Å². The van der Waals surface area contributed by atoms with Gasteiger partial charge in [0.2, 0.25) is 0 Å². The van der Waals surface area contributed by atoms with E-state index < -0.39 is 31.9 Å². The summed E-state index contributed by atoms with van der Waals surface area (Å²) in [5.41, 5.74) is -0.450. The predicted octanol–water partition coefficient (Wildman–Crippen LogP) is 4.36. The molecule has 0 aliphatic carbocycles. The van der Waals surface area contributed by atoms with Gasteiger partial charge >= 0.3 is 6.09 Å². The van der Waals surface area contributed by atoms with E-state index in [2.05, 4.69) is 29.8 Å². The first kappa shape index (κ1) is 24.7. The lowest BCUT2D eigenvalue weighted by Crippen LogP contribution is -2.57. The van der Waals surface area contributed by atoms with Crippen molar-refractivity contribution < 1.29 is 23.0 Å². The van der Waals surface area contributed by atoms with Crippen molar-refractivity contribution in [3.05, 3.63) is 53.1 Å². The quantitative estimate of drug-likeness (QED) is 0.522. The summed E-state index contributed by atoms with van der Waals surface area (Å²) >= 11 is 5.83. The Kier molecular flexibility index (Phi) is 6.14.